The molecule has 0 saturated carbocycles. The van der Waals surface area contributed by atoms with E-state index in [1.54, 1.807) is 0 Å². The van der Waals surface area contributed by atoms with Gasteiger partial charge < -0.3 is 23.2 Å². The van der Waals surface area contributed by atoms with Gasteiger partial charge in [0.2, 0.25) is 0 Å². The number of ether oxygens (including phenoxy) is 2. The van der Waals surface area contributed by atoms with Crippen molar-refractivity contribution >= 4 is 82.5 Å². The molecular formula is C74H39N9O2. The average molecular weight is 1090 g/mol. The Morgan fingerprint density at radius 1 is 0.329 bits per heavy atom. The zero-order chi connectivity index (χ0) is 56.2. The summed E-state index contributed by atoms with van der Waals surface area (Å²) < 4.78 is 21.4. The molecule has 1 spiro atoms. The molecule has 1 unspecified atom stereocenters. The molecule has 0 amide bonds. The van der Waals surface area contributed by atoms with Crippen LogP contribution in [0.2, 0.25) is 0 Å². The van der Waals surface area contributed by atoms with E-state index in [1.807, 2.05) is 109 Å². The van der Waals surface area contributed by atoms with Crippen molar-refractivity contribution in [1.29, 1.82) is 15.8 Å². The van der Waals surface area contributed by atoms with E-state index in [0.717, 1.165) is 127 Å². The minimum Gasteiger partial charge on any atom is -0.453 e. The van der Waals surface area contributed by atoms with Crippen molar-refractivity contribution in [3.05, 3.63) is 276 Å². The number of benzene rings is 10. The van der Waals surface area contributed by atoms with Crippen LogP contribution >= 0.6 is 0 Å². The van der Waals surface area contributed by atoms with Gasteiger partial charge in [0.25, 0.3) is 0 Å². The number of hydrogen-bond donors (Lipinski definition) is 0. The molecule has 0 fully saturated rings. The van der Waals surface area contributed by atoms with Crippen LogP contribution in [0.25, 0.3) is 93.9 Å². The van der Waals surface area contributed by atoms with Gasteiger partial charge in [-0.1, -0.05) is 103 Å². The number of para-hydroxylation sites is 9. The standard InChI is InChI=1S/C74H39N9O2/c75-38-43-29-32-63-51(33-43)50-15-3-6-20-60(50)82(63)66-23-11-16-54-72(66)85-73-55(17-12-24-67(73)83-64-21-7-9-25-68(64)84-69-26-10-8-22-65(69)83)74(54)56-36-46(80-58-18-4-1-13-48(58)49-14-2-5-19-59(49)80)41-78-70(56)71-57(74)37-47(42-79-71)81-61-30-27-44(39-76)34-52(61)53-35-45(40-77)28-31-62(53)81/h1-37,41-42H. The third-order valence-corrected chi connectivity index (χ3v) is 17.6. The van der Waals surface area contributed by atoms with Gasteiger partial charge in [0.1, 0.15) is 0 Å². The van der Waals surface area contributed by atoms with Crippen molar-refractivity contribution in [2.45, 2.75) is 5.41 Å². The highest BCUT2D eigenvalue weighted by molar-refractivity contribution is 6.12. The van der Waals surface area contributed by atoms with Gasteiger partial charge in [0.15, 0.2) is 23.0 Å². The molecule has 0 bridgehead atoms. The fourth-order valence-corrected chi connectivity index (χ4v) is 14.2. The van der Waals surface area contributed by atoms with Gasteiger partial charge in [-0.25, -0.2) is 0 Å². The number of hydrogen-bond acceptors (Lipinski definition) is 8. The Balaban J connectivity index is 1.01. The van der Waals surface area contributed by atoms with Crippen molar-refractivity contribution in [1.82, 2.24) is 23.7 Å². The highest BCUT2D eigenvalue weighted by Crippen LogP contribution is 2.66. The normalized spacial score (nSPS) is 14.3. The molecule has 18 rings (SSSR count). The zero-order valence-corrected chi connectivity index (χ0v) is 44.9. The molecule has 5 aromatic heterocycles. The van der Waals surface area contributed by atoms with Gasteiger partial charge in [-0.3, -0.25) is 14.9 Å². The zero-order valence-electron chi connectivity index (χ0n) is 44.9. The maximum Gasteiger partial charge on any atom is 0.156 e. The Morgan fingerprint density at radius 2 is 0.718 bits per heavy atom. The van der Waals surface area contributed by atoms with Crippen LogP contribution in [-0.4, -0.2) is 23.7 Å². The largest absolute Gasteiger partial charge is 0.453 e. The smallest absolute Gasteiger partial charge is 0.156 e. The summed E-state index contributed by atoms with van der Waals surface area (Å²) in [5.74, 6) is 2.65. The molecule has 392 valence electrons. The van der Waals surface area contributed by atoms with Crippen molar-refractivity contribution in [2.75, 3.05) is 4.90 Å². The van der Waals surface area contributed by atoms with Crippen molar-refractivity contribution < 1.29 is 9.47 Å². The first-order valence-corrected chi connectivity index (χ1v) is 28.0. The van der Waals surface area contributed by atoms with Crippen molar-refractivity contribution in [3.63, 3.8) is 0 Å². The summed E-state index contributed by atoms with van der Waals surface area (Å²) >= 11 is 0. The minimum absolute atomic E-state index is 0.516. The lowest BCUT2D eigenvalue weighted by molar-refractivity contribution is 0.434. The summed E-state index contributed by atoms with van der Waals surface area (Å²) in [5.41, 5.74) is 16.0. The highest BCUT2D eigenvalue weighted by atomic mass is 16.5. The quantitative estimate of drug-likeness (QED) is 0.170. The summed E-state index contributed by atoms with van der Waals surface area (Å²) in [6, 6.07) is 83.5. The lowest BCUT2D eigenvalue weighted by Gasteiger charge is -2.42. The van der Waals surface area contributed by atoms with E-state index in [4.69, 9.17) is 19.4 Å². The molecule has 11 heteroatoms. The molecule has 0 saturated heterocycles. The van der Waals surface area contributed by atoms with E-state index in [1.165, 1.54) is 0 Å². The maximum absolute atomic E-state index is 10.3. The van der Waals surface area contributed by atoms with Crippen LogP contribution in [-0.2, 0) is 5.41 Å². The molecule has 1 aliphatic carbocycles. The van der Waals surface area contributed by atoms with E-state index in [0.29, 0.717) is 45.4 Å². The lowest BCUT2D eigenvalue weighted by Crippen LogP contribution is -2.33. The first kappa shape index (κ1) is 46.5. The van der Waals surface area contributed by atoms with E-state index >= 15 is 0 Å². The monoisotopic (exact) mass is 1090 g/mol. The Kier molecular flexibility index (Phi) is 9.39. The minimum atomic E-state index is -1.21. The molecule has 7 heterocycles. The number of anilines is 3. The number of fused-ring (bicyclic) bond motifs is 20. The fourth-order valence-electron chi connectivity index (χ4n) is 14.2. The van der Waals surface area contributed by atoms with Gasteiger partial charge >= 0.3 is 0 Å². The van der Waals surface area contributed by atoms with Crippen molar-refractivity contribution in [2.24, 2.45) is 0 Å². The molecule has 85 heavy (non-hydrogen) atoms. The van der Waals surface area contributed by atoms with E-state index in [-0.39, 0.29) is 0 Å². The molecule has 10 aromatic carbocycles. The van der Waals surface area contributed by atoms with Crippen LogP contribution in [0.4, 0.5) is 17.1 Å². The Labute approximate surface area is 484 Å². The highest BCUT2D eigenvalue weighted by Gasteiger charge is 2.55. The first-order valence-electron chi connectivity index (χ1n) is 28.0. The van der Waals surface area contributed by atoms with Crippen LogP contribution < -0.4 is 14.4 Å². The molecule has 1 atom stereocenters. The van der Waals surface area contributed by atoms with E-state index in [2.05, 4.69) is 164 Å². The first-order chi connectivity index (χ1) is 42.0. The maximum atomic E-state index is 10.3. The van der Waals surface area contributed by atoms with Crippen LogP contribution in [0.5, 0.6) is 23.0 Å². The Bertz CT molecular complexity index is 5480. The Morgan fingerprint density at radius 3 is 1.22 bits per heavy atom. The molecule has 3 aliphatic rings. The topological polar surface area (TPSA) is 134 Å². The molecule has 11 nitrogen and oxygen atoms in total. The summed E-state index contributed by atoms with van der Waals surface area (Å²) in [5, 5.41) is 36.6. The van der Waals surface area contributed by atoms with Crippen LogP contribution in [0.15, 0.2) is 237 Å². The van der Waals surface area contributed by atoms with Gasteiger partial charge in [-0.2, -0.15) is 15.8 Å². The van der Waals surface area contributed by atoms with E-state index < -0.39 is 5.41 Å². The molecule has 0 N–H and O–H groups in total. The third kappa shape index (κ3) is 6.18. The summed E-state index contributed by atoms with van der Waals surface area (Å²) in [4.78, 5) is 13.4. The molecule has 0 radical (unpaired) electrons. The van der Waals surface area contributed by atoms with Crippen molar-refractivity contribution in [3.8, 4) is 69.7 Å². The average Bonchev–Trinajstić information content (AvgIpc) is 3.79. The number of nitrogens with zero attached hydrogens (tertiary/aromatic N) is 9. The second kappa shape index (κ2) is 17.2. The predicted molar refractivity (Wildman–Crippen MR) is 331 cm³/mol. The Hall–Kier alpha value is -12.2. The summed E-state index contributed by atoms with van der Waals surface area (Å²) in [6.07, 6.45) is 3.90. The van der Waals surface area contributed by atoms with Gasteiger partial charge in [0, 0.05) is 54.6 Å². The van der Waals surface area contributed by atoms with E-state index in [9.17, 15) is 15.8 Å². The van der Waals surface area contributed by atoms with Crippen LogP contribution in [0.3, 0.4) is 0 Å². The van der Waals surface area contributed by atoms with Gasteiger partial charge in [-0.15, -0.1) is 0 Å². The summed E-state index contributed by atoms with van der Waals surface area (Å²) in [6.45, 7) is 0. The molecule has 2 aliphatic heterocycles. The molecular weight excluding hydrogens is 1050 g/mol. The number of aromatic nitrogens is 5. The second-order valence-electron chi connectivity index (χ2n) is 21.8. The second-order valence-corrected chi connectivity index (χ2v) is 21.8. The lowest BCUT2D eigenvalue weighted by atomic mass is 9.66. The number of pyridine rings is 2. The van der Waals surface area contributed by atoms with Crippen LogP contribution in [0.1, 0.15) is 38.9 Å². The third-order valence-electron chi connectivity index (χ3n) is 17.6. The van der Waals surface area contributed by atoms with Gasteiger partial charge in [0.05, 0.1) is 131 Å². The predicted octanol–water partition coefficient (Wildman–Crippen LogP) is 17.4. The number of rotatable bonds is 4. The fraction of sp³-hybridized carbons (Fsp3) is 0.0135. The SMILES string of the molecule is N#Cc1ccc2c(c1)c1cc(C#N)ccc1n2-c1cnc2c(c1)C1(c3cc(-n4c5ccccc5c5ccccc54)cnc3-2)c2cccc(N3c4ccccc4Oc4ccccc43)c2Oc2c(-n3c4ccccc4c4cc(C#N)ccc43)cccc21. The molecule has 15 aromatic rings. The summed E-state index contributed by atoms with van der Waals surface area (Å²) in [7, 11) is 0. The number of nitriles is 3. The van der Waals surface area contributed by atoms with Gasteiger partial charge in [-0.05, 0) is 121 Å². The van der Waals surface area contributed by atoms with Crippen LogP contribution in [0, 0.1) is 34.0 Å².